The highest BCUT2D eigenvalue weighted by atomic mass is 32.1. The van der Waals surface area contributed by atoms with E-state index < -0.39 is 17.7 Å². The van der Waals surface area contributed by atoms with Crippen LogP contribution in [0.1, 0.15) is 71.1 Å². The van der Waals surface area contributed by atoms with Crippen LogP contribution < -0.4 is 31.7 Å². The Morgan fingerprint density at radius 1 is 0.845 bits per heavy atom. The topological polar surface area (TPSA) is 232 Å². The maximum atomic E-state index is 13.8. The summed E-state index contributed by atoms with van der Waals surface area (Å²) in [5, 5.41) is 11.1. The van der Waals surface area contributed by atoms with Gasteiger partial charge in [-0.05, 0) is 57.5 Å². The molecule has 4 amide bonds. The number of nitrogens with two attached hydrogens (primary N) is 2. The lowest BCUT2D eigenvalue weighted by atomic mass is 10.1. The molecular formula is C39H44N12O6S. The number of amides is 4. The Bertz CT molecular complexity index is 2610. The zero-order valence-corrected chi connectivity index (χ0v) is 33.6. The van der Waals surface area contributed by atoms with E-state index in [1.165, 1.54) is 24.5 Å². The van der Waals surface area contributed by atoms with Gasteiger partial charge in [0.15, 0.2) is 0 Å². The predicted molar refractivity (Wildman–Crippen MR) is 220 cm³/mol. The number of carbonyl (C=O) groups excluding carboxylic acids is 4. The number of anilines is 3. The first-order chi connectivity index (χ1) is 27.9. The smallest absolute Gasteiger partial charge is 0.276 e. The standard InChI is InChI=1S/C39H44N12O6S/c1-6-25-33(58-22(4)42-25)37(55)46-39-44-27-18-24(35(41)53)20-30(56-5)32(27)50(39)11-9-8-10-49-31-26(17-23(34(40)52)19-28(31)48-12-14-57-15-13-48)43-38(49)45-36(54)29-16-21(3)47-51(29)7-2/h8-9,16-20H,6-7,10-15H2,1-5H3,(H2,40,52)(H2,41,53)(H,43,45,54)(H,44,46,55). The summed E-state index contributed by atoms with van der Waals surface area (Å²) >= 11 is 1.30. The Hall–Kier alpha value is -6.60. The molecule has 18 nitrogen and oxygen atoms in total. The molecule has 58 heavy (non-hydrogen) atoms. The van der Waals surface area contributed by atoms with Gasteiger partial charge in [0.05, 0.1) is 59.0 Å². The molecular weight excluding hydrogens is 765 g/mol. The van der Waals surface area contributed by atoms with Crippen LogP contribution in [0.4, 0.5) is 17.6 Å². The van der Waals surface area contributed by atoms with Crippen LogP contribution in [0.15, 0.2) is 42.5 Å². The molecule has 2 aromatic carbocycles. The number of benzene rings is 2. The van der Waals surface area contributed by atoms with Crippen LogP contribution in [0, 0.1) is 13.8 Å². The Kier molecular flexibility index (Phi) is 11.3. The van der Waals surface area contributed by atoms with Crippen molar-refractivity contribution in [2.45, 2.75) is 53.8 Å². The van der Waals surface area contributed by atoms with Gasteiger partial charge in [0.2, 0.25) is 23.7 Å². The van der Waals surface area contributed by atoms with Gasteiger partial charge >= 0.3 is 0 Å². The highest BCUT2D eigenvalue weighted by Gasteiger charge is 2.25. The van der Waals surface area contributed by atoms with E-state index in [2.05, 4.69) is 25.6 Å². The number of ether oxygens (including phenoxy) is 2. The molecule has 19 heteroatoms. The number of fused-ring (bicyclic) bond motifs is 2. The molecule has 7 rings (SSSR count). The number of nitrogens with zero attached hydrogens (tertiary/aromatic N) is 8. The van der Waals surface area contributed by atoms with Crippen molar-refractivity contribution < 1.29 is 28.7 Å². The molecule has 0 atom stereocenters. The van der Waals surface area contributed by atoms with Gasteiger partial charge in [0, 0.05) is 43.9 Å². The normalized spacial score (nSPS) is 13.2. The number of morpholine rings is 1. The molecule has 0 unspecified atom stereocenters. The second-order valence-electron chi connectivity index (χ2n) is 13.6. The number of hydrogen-bond acceptors (Lipinski definition) is 12. The Morgan fingerprint density at radius 3 is 2.05 bits per heavy atom. The monoisotopic (exact) mass is 808 g/mol. The molecule has 302 valence electrons. The summed E-state index contributed by atoms with van der Waals surface area (Å²) in [5.41, 5.74) is 16.4. The zero-order valence-electron chi connectivity index (χ0n) is 32.8. The lowest BCUT2D eigenvalue weighted by molar-refractivity contribution is 0.0992. The largest absolute Gasteiger partial charge is 0.494 e. The van der Waals surface area contributed by atoms with Gasteiger partial charge in [-0.25, -0.2) is 15.0 Å². The molecule has 0 radical (unpaired) electrons. The van der Waals surface area contributed by atoms with Gasteiger partial charge in [-0.3, -0.25) is 34.5 Å². The summed E-state index contributed by atoms with van der Waals surface area (Å²) in [7, 11) is 1.48. The van der Waals surface area contributed by atoms with Crippen LogP contribution in [0.5, 0.6) is 5.75 Å². The third-order valence-corrected chi connectivity index (χ3v) is 10.8. The molecule has 0 saturated carbocycles. The minimum Gasteiger partial charge on any atom is -0.494 e. The van der Waals surface area contributed by atoms with Gasteiger partial charge in [-0.1, -0.05) is 19.1 Å². The fourth-order valence-corrected chi connectivity index (χ4v) is 7.95. The lowest BCUT2D eigenvalue weighted by Crippen LogP contribution is -2.36. The van der Waals surface area contributed by atoms with Crippen LogP contribution >= 0.6 is 11.3 Å². The quantitative estimate of drug-likeness (QED) is 0.115. The van der Waals surface area contributed by atoms with Crippen molar-refractivity contribution in [2.24, 2.45) is 11.5 Å². The first kappa shape index (κ1) is 39.6. The van der Waals surface area contributed by atoms with Crippen molar-refractivity contribution in [1.82, 2.24) is 33.9 Å². The van der Waals surface area contributed by atoms with Crippen LogP contribution in [0.25, 0.3) is 22.1 Å². The number of imidazole rings is 2. The van der Waals surface area contributed by atoms with Crippen LogP contribution in [-0.4, -0.2) is 90.9 Å². The molecule has 5 heterocycles. The summed E-state index contributed by atoms with van der Waals surface area (Å²) in [5.74, 6) is -1.23. The molecule has 6 N–H and O–H groups in total. The van der Waals surface area contributed by atoms with Crippen molar-refractivity contribution >= 4 is 74.6 Å². The van der Waals surface area contributed by atoms with Crippen LogP contribution in [-0.2, 0) is 30.8 Å². The van der Waals surface area contributed by atoms with Crippen molar-refractivity contribution in [1.29, 1.82) is 0 Å². The second kappa shape index (κ2) is 16.5. The molecule has 6 aromatic rings. The van der Waals surface area contributed by atoms with Gasteiger partial charge in [0.1, 0.15) is 21.8 Å². The maximum Gasteiger partial charge on any atom is 0.276 e. The van der Waals surface area contributed by atoms with Crippen LogP contribution in [0.3, 0.4) is 0 Å². The Balaban J connectivity index is 1.30. The fourth-order valence-electron chi connectivity index (χ4n) is 7.05. The van der Waals surface area contributed by atoms with E-state index in [-0.39, 0.29) is 42.0 Å². The number of primary amides is 2. The number of nitrogens with one attached hydrogen (secondary N) is 2. The number of allylic oxidation sites excluding steroid dienone is 2. The molecule has 1 saturated heterocycles. The minimum absolute atomic E-state index is 0.197. The Morgan fingerprint density at radius 2 is 1.45 bits per heavy atom. The van der Waals surface area contributed by atoms with Crippen molar-refractivity contribution in [3.05, 3.63) is 80.6 Å². The SMILES string of the molecule is CCc1nc(C)sc1C(=O)Nc1nc2cc(C(N)=O)cc(OC)c2n1CC=CCn1c(NC(=O)c2cc(C)nn2CC)nc2cc(C(N)=O)cc(N3CCOCC3)c21. The third kappa shape index (κ3) is 7.72. The number of carbonyl (C=O) groups is 4. The van der Waals surface area contributed by atoms with Gasteiger partial charge in [0.25, 0.3) is 11.8 Å². The number of methoxy groups -OCH3 is 1. The molecule has 0 aliphatic carbocycles. The number of hydrogen-bond donors (Lipinski definition) is 4. The van der Waals surface area contributed by atoms with Gasteiger partial charge < -0.3 is 35.0 Å². The van der Waals surface area contributed by atoms with E-state index >= 15 is 0 Å². The molecule has 0 spiro atoms. The van der Waals surface area contributed by atoms with E-state index in [1.807, 2.05) is 44.4 Å². The highest BCUT2D eigenvalue weighted by Crippen LogP contribution is 2.34. The minimum atomic E-state index is -0.655. The predicted octanol–water partition coefficient (Wildman–Crippen LogP) is 4.04. The fraction of sp³-hybridized carbons (Fsp3) is 0.333. The highest BCUT2D eigenvalue weighted by molar-refractivity contribution is 7.13. The van der Waals surface area contributed by atoms with Crippen molar-refractivity contribution in [3.8, 4) is 5.75 Å². The Labute approximate surface area is 336 Å². The summed E-state index contributed by atoms with van der Waals surface area (Å²) in [4.78, 5) is 68.8. The first-order valence-electron chi connectivity index (χ1n) is 18.7. The number of rotatable bonds is 14. The van der Waals surface area contributed by atoms with Gasteiger partial charge in [-0.2, -0.15) is 5.10 Å². The molecule has 1 fully saturated rings. The van der Waals surface area contributed by atoms with E-state index in [0.29, 0.717) is 89.0 Å². The second-order valence-corrected chi connectivity index (χ2v) is 14.8. The molecule has 1 aliphatic rings. The lowest BCUT2D eigenvalue weighted by Gasteiger charge is -2.30. The molecule has 4 aromatic heterocycles. The third-order valence-electron chi connectivity index (χ3n) is 9.74. The van der Waals surface area contributed by atoms with Crippen molar-refractivity contribution in [2.75, 3.05) is 48.9 Å². The average Bonchev–Trinajstić information content (AvgIpc) is 3.98. The first-order valence-corrected chi connectivity index (χ1v) is 19.6. The van der Waals surface area contributed by atoms with E-state index in [1.54, 1.807) is 33.5 Å². The van der Waals surface area contributed by atoms with E-state index in [4.69, 9.17) is 30.9 Å². The summed E-state index contributed by atoms with van der Waals surface area (Å²) in [6, 6.07) is 8.16. The number of aryl methyl sites for hydroxylation is 4. The zero-order chi connectivity index (χ0) is 41.2. The van der Waals surface area contributed by atoms with Gasteiger partial charge in [-0.15, -0.1) is 11.3 Å². The molecule has 1 aliphatic heterocycles. The van der Waals surface area contributed by atoms with E-state index in [9.17, 15) is 19.2 Å². The van der Waals surface area contributed by atoms with Crippen LogP contribution in [0.2, 0.25) is 0 Å². The average molecular weight is 809 g/mol. The summed E-state index contributed by atoms with van der Waals surface area (Å²) < 4.78 is 16.6. The maximum absolute atomic E-state index is 13.8. The van der Waals surface area contributed by atoms with Crippen molar-refractivity contribution in [3.63, 3.8) is 0 Å². The molecule has 0 bridgehead atoms. The summed E-state index contributed by atoms with van der Waals surface area (Å²) in [6.45, 7) is 10.5. The number of aromatic nitrogens is 7. The summed E-state index contributed by atoms with van der Waals surface area (Å²) in [6.07, 6.45) is 4.35. The number of thiazole rings is 1. The van der Waals surface area contributed by atoms with E-state index in [0.717, 1.165) is 10.7 Å².